The van der Waals surface area contributed by atoms with Crippen LogP contribution in [0.25, 0.3) is 27.5 Å². The second-order valence-corrected chi connectivity index (χ2v) is 13.9. The van der Waals surface area contributed by atoms with E-state index in [2.05, 4.69) is 193 Å². The summed E-state index contributed by atoms with van der Waals surface area (Å²) in [6.45, 7) is 0. The summed E-state index contributed by atoms with van der Waals surface area (Å²) < 4.78 is 6.27. The van der Waals surface area contributed by atoms with Crippen molar-refractivity contribution in [3.8, 4) is 16.9 Å². The molecule has 0 N–H and O–H groups in total. The van der Waals surface area contributed by atoms with Crippen LogP contribution in [0.2, 0.25) is 0 Å². The Morgan fingerprint density at radius 3 is 2.20 bits per heavy atom. The Morgan fingerprint density at radius 2 is 1.33 bits per heavy atom. The van der Waals surface area contributed by atoms with E-state index in [9.17, 15) is 0 Å². The van der Waals surface area contributed by atoms with E-state index in [1.165, 1.54) is 55.4 Å². The zero-order valence-electron chi connectivity index (χ0n) is 28.3. The highest BCUT2D eigenvalue weighted by Crippen LogP contribution is 2.46. The predicted octanol–water partition coefficient (Wildman–Crippen LogP) is 12.3. The summed E-state index contributed by atoms with van der Waals surface area (Å²) in [7, 11) is 0. The van der Waals surface area contributed by atoms with Gasteiger partial charge in [-0.25, -0.2) is 0 Å². The number of hydrogen-bond donors (Lipinski definition) is 0. The first-order valence-corrected chi connectivity index (χ1v) is 18.1. The van der Waals surface area contributed by atoms with Crippen LogP contribution in [0.15, 0.2) is 194 Å². The average molecular weight is 656 g/mol. The van der Waals surface area contributed by atoms with Gasteiger partial charge >= 0.3 is 0 Å². The van der Waals surface area contributed by atoms with Crippen molar-refractivity contribution in [1.82, 2.24) is 0 Å². The summed E-state index contributed by atoms with van der Waals surface area (Å²) in [6, 6.07) is 38.3. The zero-order valence-corrected chi connectivity index (χ0v) is 28.3. The minimum Gasteiger partial charge on any atom is -0.485 e. The molecule has 5 aromatic carbocycles. The maximum absolute atomic E-state index is 6.27. The van der Waals surface area contributed by atoms with Gasteiger partial charge in [0.2, 0.25) is 0 Å². The van der Waals surface area contributed by atoms with Crippen LogP contribution in [0.5, 0.6) is 5.75 Å². The van der Waals surface area contributed by atoms with Crippen molar-refractivity contribution in [2.24, 2.45) is 5.92 Å². The molecule has 51 heavy (non-hydrogen) atoms. The molecular formula is C49H37NO. The highest BCUT2D eigenvalue weighted by molar-refractivity contribution is 5.93. The first kappa shape index (κ1) is 29.8. The summed E-state index contributed by atoms with van der Waals surface area (Å²) in [4.78, 5) is 2.40. The van der Waals surface area contributed by atoms with E-state index in [1.54, 1.807) is 0 Å². The molecule has 0 saturated heterocycles. The maximum atomic E-state index is 6.27. The van der Waals surface area contributed by atoms with Crippen LogP contribution in [0.1, 0.15) is 40.5 Å². The molecule has 10 rings (SSSR count). The van der Waals surface area contributed by atoms with Crippen molar-refractivity contribution in [2.45, 2.75) is 24.4 Å². The molecule has 0 spiro atoms. The molecule has 4 aliphatic carbocycles. The quantitative estimate of drug-likeness (QED) is 0.187. The molecule has 0 saturated carbocycles. The molecule has 0 radical (unpaired) electrons. The molecule has 4 atom stereocenters. The van der Waals surface area contributed by atoms with E-state index in [4.69, 9.17) is 4.74 Å². The van der Waals surface area contributed by atoms with Gasteiger partial charge in [-0.15, -0.1) is 0 Å². The number of fused-ring (bicyclic) bond motifs is 8. The lowest BCUT2D eigenvalue weighted by molar-refractivity contribution is 0.269. The third-order valence-electron chi connectivity index (χ3n) is 11.0. The Bertz CT molecular complexity index is 2430. The predicted molar refractivity (Wildman–Crippen MR) is 212 cm³/mol. The topological polar surface area (TPSA) is 12.5 Å². The van der Waals surface area contributed by atoms with Crippen molar-refractivity contribution in [3.05, 3.63) is 216 Å². The van der Waals surface area contributed by atoms with Crippen LogP contribution < -0.4 is 9.64 Å². The summed E-state index contributed by atoms with van der Waals surface area (Å²) in [5.41, 5.74) is 12.5. The van der Waals surface area contributed by atoms with Crippen LogP contribution in [-0.4, -0.2) is 6.10 Å². The molecule has 2 nitrogen and oxygen atoms in total. The van der Waals surface area contributed by atoms with E-state index in [1.807, 2.05) is 0 Å². The van der Waals surface area contributed by atoms with E-state index in [0.717, 1.165) is 23.5 Å². The Morgan fingerprint density at radius 1 is 0.588 bits per heavy atom. The molecule has 4 unspecified atom stereocenters. The summed E-state index contributed by atoms with van der Waals surface area (Å²) in [5.74, 6) is 2.06. The van der Waals surface area contributed by atoms with Crippen molar-refractivity contribution in [1.29, 1.82) is 0 Å². The first-order chi connectivity index (χ1) is 25.3. The number of rotatable bonds is 5. The van der Waals surface area contributed by atoms with E-state index in [0.29, 0.717) is 11.8 Å². The molecule has 5 aliphatic rings. The largest absolute Gasteiger partial charge is 0.485 e. The number of benzene rings is 5. The summed E-state index contributed by atoms with van der Waals surface area (Å²) in [6.07, 6.45) is 31.9. The van der Waals surface area contributed by atoms with E-state index < -0.39 is 0 Å². The number of hydrogen-bond acceptors (Lipinski definition) is 2. The SMILES string of the molecule is C1=CC=C(N(c2ccc(C3=CC4C=CC=CC4c4ccccc43)cc2)c2ccc(-c3ccc4c5c(ccc4c3)OC3C=CC=CC53)cc2)CC=C1. The fourth-order valence-corrected chi connectivity index (χ4v) is 8.53. The van der Waals surface area contributed by atoms with E-state index >= 15 is 0 Å². The van der Waals surface area contributed by atoms with Crippen molar-refractivity contribution < 1.29 is 4.74 Å². The van der Waals surface area contributed by atoms with Gasteiger partial charge < -0.3 is 9.64 Å². The molecule has 0 fully saturated rings. The van der Waals surface area contributed by atoms with Gasteiger partial charge in [0.05, 0.1) is 0 Å². The molecule has 0 aromatic heterocycles. The van der Waals surface area contributed by atoms with Gasteiger partial charge in [0.1, 0.15) is 11.9 Å². The van der Waals surface area contributed by atoms with Crippen molar-refractivity contribution >= 4 is 27.7 Å². The molecule has 0 bridgehead atoms. The van der Waals surface area contributed by atoms with Crippen LogP contribution in [0.4, 0.5) is 11.4 Å². The molecule has 2 heteroatoms. The first-order valence-electron chi connectivity index (χ1n) is 18.1. The van der Waals surface area contributed by atoms with Crippen molar-refractivity contribution in [3.63, 3.8) is 0 Å². The number of ether oxygens (including phenoxy) is 1. The summed E-state index contributed by atoms with van der Waals surface area (Å²) >= 11 is 0. The van der Waals surface area contributed by atoms with E-state index in [-0.39, 0.29) is 12.0 Å². The van der Waals surface area contributed by atoms with Crippen LogP contribution in [-0.2, 0) is 0 Å². The maximum Gasteiger partial charge on any atom is 0.128 e. The van der Waals surface area contributed by atoms with Gasteiger partial charge in [-0.2, -0.15) is 0 Å². The lowest BCUT2D eigenvalue weighted by Gasteiger charge is -2.31. The molecular weight excluding hydrogens is 619 g/mol. The third kappa shape index (κ3) is 5.18. The average Bonchev–Trinajstić information content (AvgIpc) is 3.37. The number of anilines is 2. The number of nitrogens with zero attached hydrogens (tertiary/aromatic N) is 1. The Labute approximate surface area is 299 Å². The minimum absolute atomic E-state index is 0.0944. The lowest BCUT2D eigenvalue weighted by Crippen LogP contribution is -2.17. The fourth-order valence-electron chi connectivity index (χ4n) is 8.53. The molecule has 0 amide bonds. The fraction of sp³-hybridized carbons (Fsp3) is 0.102. The highest BCUT2D eigenvalue weighted by atomic mass is 16.5. The van der Waals surface area contributed by atoms with Gasteiger partial charge in [0, 0.05) is 46.8 Å². The Balaban J connectivity index is 0.981. The minimum atomic E-state index is 0.0944. The van der Waals surface area contributed by atoms with Crippen LogP contribution in [0.3, 0.4) is 0 Å². The monoisotopic (exact) mass is 655 g/mol. The normalized spacial score (nSPS) is 22.0. The lowest BCUT2D eigenvalue weighted by atomic mass is 9.73. The third-order valence-corrected chi connectivity index (χ3v) is 11.0. The smallest absolute Gasteiger partial charge is 0.128 e. The molecule has 5 aromatic rings. The van der Waals surface area contributed by atoms with Gasteiger partial charge in [-0.1, -0.05) is 140 Å². The van der Waals surface area contributed by atoms with Crippen LogP contribution in [0, 0.1) is 5.92 Å². The Hall–Kier alpha value is -6.12. The van der Waals surface area contributed by atoms with Crippen LogP contribution >= 0.6 is 0 Å². The number of allylic oxidation sites excluding steroid dienone is 12. The summed E-state index contributed by atoms with van der Waals surface area (Å²) in [5, 5.41) is 2.52. The molecule has 244 valence electrons. The Kier molecular flexibility index (Phi) is 7.20. The van der Waals surface area contributed by atoms with Gasteiger partial charge in [-0.05, 0) is 92.7 Å². The molecule has 1 heterocycles. The van der Waals surface area contributed by atoms with Crippen molar-refractivity contribution in [2.75, 3.05) is 4.90 Å². The highest BCUT2D eigenvalue weighted by Gasteiger charge is 2.33. The van der Waals surface area contributed by atoms with Gasteiger partial charge in [0.25, 0.3) is 0 Å². The standard InChI is InChI=1S/C49H37NO/c1-2-4-13-38(12-3-1)50(40-27-21-34(22-28-40)46-32-36-11-5-6-14-41(36)43-15-7-8-16-44(43)46)39-25-19-33(20-26-39)35-23-29-42-37(31-35)24-30-48-49(42)45-17-9-10-18-47(45)51-48/h1-12,14-32,36,41,45,47H,13H2. The second kappa shape index (κ2) is 12.3. The van der Waals surface area contributed by atoms with Gasteiger partial charge in [0.15, 0.2) is 0 Å². The second-order valence-electron chi connectivity index (χ2n) is 13.9. The molecule has 1 aliphatic heterocycles. The van der Waals surface area contributed by atoms with Gasteiger partial charge in [-0.3, -0.25) is 0 Å². The zero-order chi connectivity index (χ0) is 33.7.